The van der Waals surface area contributed by atoms with E-state index < -0.39 is 0 Å². The van der Waals surface area contributed by atoms with Gasteiger partial charge in [0, 0.05) is 45.6 Å². The predicted octanol–water partition coefficient (Wildman–Crippen LogP) is 1.76. The Balaban J connectivity index is 1.58. The van der Waals surface area contributed by atoms with E-state index >= 15 is 0 Å². The first-order chi connectivity index (χ1) is 13.9. The molecule has 4 heterocycles. The fourth-order valence-corrected chi connectivity index (χ4v) is 3.42. The molecule has 152 valence electrons. The number of rotatable bonds is 3. The molecule has 9 nitrogen and oxygen atoms in total. The number of nitrogens with zero attached hydrogens (tertiary/aromatic N) is 6. The van der Waals surface area contributed by atoms with Gasteiger partial charge in [0.05, 0.1) is 23.4 Å². The molecule has 0 N–H and O–H groups in total. The number of pyridine rings is 1. The van der Waals surface area contributed by atoms with Gasteiger partial charge in [0.1, 0.15) is 5.82 Å². The fraction of sp³-hybridized carbons (Fsp3) is 0.400. The lowest BCUT2D eigenvalue weighted by Crippen LogP contribution is -2.49. The van der Waals surface area contributed by atoms with Gasteiger partial charge in [-0.15, -0.1) is 0 Å². The van der Waals surface area contributed by atoms with Crippen LogP contribution in [0.1, 0.15) is 13.8 Å². The molecule has 1 aliphatic heterocycles. The molecule has 0 spiro atoms. The van der Waals surface area contributed by atoms with Crippen molar-refractivity contribution in [2.75, 3.05) is 31.1 Å². The topological polar surface area (TPSA) is 85.0 Å². The Bertz CT molecular complexity index is 1100. The first-order valence-corrected chi connectivity index (χ1v) is 9.65. The number of aryl methyl sites for hydroxylation is 1. The van der Waals surface area contributed by atoms with Gasteiger partial charge in [0.25, 0.3) is 5.56 Å². The van der Waals surface area contributed by atoms with E-state index in [4.69, 9.17) is 9.72 Å². The first-order valence-electron chi connectivity index (χ1n) is 9.65. The molecule has 1 saturated heterocycles. The van der Waals surface area contributed by atoms with Crippen LogP contribution < -0.4 is 10.5 Å². The molecule has 9 heteroatoms. The highest BCUT2D eigenvalue weighted by molar-refractivity contribution is 5.77. The second kappa shape index (κ2) is 7.57. The lowest BCUT2D eigenvalue weighted by Gasteiger charge is -2.35. The molecule has 0 aromatic carbocycles. The van der Waals surface area contributed by atoms with Crippen LogP contribution in [0, 0.1) is 0 Å². The van der Waals surface area contributed by atoms with Crippen molar-refractivity contribution in [1.29, 1.82) is 0 Å². The Morgan fingerprint density at radius 2 is 1.86 bits per heavy atom. The van der Waals surface area contributed by atoms with Crippen LogP contribution in [0.4, 0.5) is 10.6 Å². The van der Waals surface area contributed by atoms with Crippen molar-refractivity contribution in [2.45, 2.75) is 20.0 Å². The number of carbonyl (C=O) groups excluding carboxylic acids is 1. The standard InChI is InChI=1S/C20H24N6O3/c1-14(2)29-20(28)25-11-9-24(10-12-25)17-6-8-26-18(22-17)16(13-21-26)15-5-4-7-23(3)19(15)27/h4-8,13-14H,9-12H2,1-3H3. The fourth-order valence-electron chi connectivity index (χ4n) is 3.42. The summed E-state index contributed by atoms with van der Waals surface area (Å²) in [6.07, 6.45) is 4.83. The van der Waals surface area contributed by atoms with E-state index in [9.17, 15) is 9.59 Å². The molecule has 1 fully saturated rings. The number of amides is 1. The van der Waals surface area contributed by atoms with Gasteiger partial charge in [0.2, 0.25) is 0 Å². The van der Waals surface area contributed by atoms with Crippen LogP contribution in [0.3, 0.4) is 0 Å². The Kier molecular flexibility index (Phi) is 4.96. The van der Waals surface area contributed by atoms with E-state index in [0.29, 0.717) is 43.0 Å². The van der Waals surface area contributed by atoms with E-state index in [1.165, 1.54) is 4.57 Å². The first kappa shape index (κ1) is 19.0. The number of carbonyl (C=O) groups is 1. The number of anilines is 1. The van der Waals surface area contributed by atoms with Gasteiger partial charge in [-0.1, -0.05) is 0 Å². The van der Waals surface area contributed by atoms with Crippen molar-refractivity contribution < 1.29 is 9.53 Å². The van der Waals surface area contributed by atoms with Crippen molar-refractivity contribution in [1.82, 2.24) is 24.1 Å². The normalized spacial score (nSPS) is 14.6. The summed E-state index contributed by atoms with van der Waals surface area (Å²) in [5.74, 6) is 0.795. The van der Waals surface area contributed by atoms with Crippen molar-refractivity contribution >= 4 is 17.6 Å². The van der Waals surface area contributed by atoms with Crippen molar-refractivity contribution in [3.8, 4) is 11.1 Å². The van der Waals surface area contributed by atoms with Gasteiger partial charge in [-0.2, -0.15) is 5.10 Å². The molecule has 0 saturated carbocycles. The molecule has 0 aliphatic carbocycles. The van der Waals surface area contributed by atoms with Gasteiger partial charge in [-0.05, 0) is 32.0 Å². The molecule has 3 aromatic heterocycles. The molecule has 1 amide bonds. The molecule has 0 bridgehead atoms. The highest BCUT2D eigenvalue weighted by Crippen LogP contribution is 2.23. The van der Waals surface area contributed by atoms with Crippen LogP contribution in [0.5, 0.6) is 0 Å². The van der Waals surface area contributed by atoms with Gasteiger partial charge in [0.15, 0.2) is 5.65 Å². The second-order valence-electron chi connectivity index (χ2n) is 7.36. The maximum absolute atomic E-state index is 12.5. The van der Waals surface area contributed by atoms with E-state index in [0.717, 1.165) is 5.82 Å². The smallest absolute Gasteiger partial charge is 0.410 e. The van der Waals surface area contributed by atoms with Crippen LogP contribution in [0.25, 0.3) is 16.8 Å². The predicted molar refractivity (Wildman–Crippen MR) is 109 cm³/mol. The van der Waals surface area contributed by atoms with E-state index in [1.54, 1.807) is 34.9 Å². The zero-order valence-corrected chi connectivity index (χ0v) is 16.8. The molecule has 0 radical (unpaired) electrons. The molecular weight excluding hydrogens is 372 g/mol. The van der Waals surface area contributed by atoms with Crippen LogP contribution in [-0.2, 0) is 11.8 Å². The number of hydrogen-bond acceptors (Lipinski definition) is 6. The summed E-state index contributed by atoms with van der Waals surface area (Å²) in [7, 11) is 1.72. The van der Waals surface area contributed by atoms with Gasteiger partial charge < -0.3 is 19.1 Å². The Hall–Kier alpha value is -3.36. The zero-order valence-electron chi connectivity index (χ0n) is 16.8. The third kappa shape index (κ3) is 3.67. The molecule has 29 heavy (non-hydrogen) atoms. The number of hydrogen-bond donors (Lipinski definition) is 0. The second-order valence-corrected chi connectivity index (χ2v) is 7.36. The average molecular weight is 396 g/mol. The summed E-state index contributed by atoms with van der Waals surface area (Å²) in [5.41, 5.74) is 1.81. The zero-order chi connectivity index (χ0) is 20.5. The van der Waals surface area contributed by atoms with Crippen LogP contribution in [0.15, 0.2) is 41.6 Å². The summed E-state index contributed by atoms with van der Waals surface area (Å²) in [4.78, 5) is 33.2. The Morgan fingerprint density at radius 3 is 2.59 bits per heavy atom. The third-order valence-electron chi connectivity index (χ3n) is 4.97. The summed E-state index contributed by atoms with van der Waals surface area (Å²) < 4.78 is 8.48. The molecular formula is C20H24N6O3. The maximum atomic E-state index is 12.5. The number of ether oxygens (including phenoxy) is 1. The molecule has 0 atom stereocenters. The minimum Gasteiger partial charge on any atom is -0.447 e. The highest BCUT2D eigenvalue weighted by Gasteiger charge is 2.24. The van der Waals surface area contributed by atoms with Crippen LogP contribution in [0.2, 0.25) is 0 Å². The van der Waals surface area contributed by atoms with Crippen molar-refractivity contribution in [3.63, 3.8) is 0 Å². The molecule has 3 aromatic rings. The largest absolute Gasteiger partial charge is 0.447 e. The quantitative estimate of drug-likeness (QED) is 0.671. The van der Waals surface area contributed by atoms with Crippen LogP contribution in [-0.4, -0.2) is 62.4 Å². The van der Waals surface area contributed by atoms with Crippen molar-refractivity contribution in [2.24, 2.45) is 7.05 Å². The summed E-state index contributed by atoms with van der Waals surface area (Å²) in [5, 5.41) is 4.33. The Morgan fingerprint density at radius 1 is 1.10 bits per heavy atom. The summed E-state index contributed by atoms with van der Waals surface area (Å²) in [6.45, 7) is 6.15. The highest BCUT2D eigenvalue weighted by atomic mass is 16.6. The van der Waals surface area contributed by atoms with Gasteiger partial charge in [-0.25, -0.2) is 14.3 Å². The SMILES string of the molecule is CC(C)OC(=O)N1CCN(c2ccn3ncc(-c4cccn(C)c4=O)c3n2)CC1. The molecule has 4 rings (SSSR count). The summed E-state index contributed by atoms with van der Waals surface area (Å²) in [6, 6.07) is 5.52. The van der Waals surface area contributed by atoms with Gasteiger partial charge in [-0.3, -0.25) is 4.79 Å². The minimum atomic E-state index is -0.277. The number of aromatic nitrogens is 4. The average Bonchev–Trinajstić information content (AvgIpc) is 3.13. The minimum absolute atomic E-state index is 0.0908. The van der Waals surface area contributed by atoms with E-state index in [1.807, 2.05) is 32.2 Å². The third-order valence-corrected chi connectivity index (χ3v) is 4.97. The lowest BCUT2D eigenvalue weighted by molar-refractivity contribution is 0.0751. The monoisotopic (exact) mass is 396 g/mol. The van der Waals surface area contributed by atoms with Crippen LogP contribution >= 0.6 is 0 Å². The van der Waals surface area contributed by atoms with Gasteiger partial charge >= 0.3 is 6.09 Å². The van der Waals surface area contributed by atoms with Crippen molar-refractivity contribution in [3.05, 3.63) is 47.1 Å². The lowest BCUT2D eigenvalue weighted by atomic mass is 10.1. The maximum Gasteiger partial charge on any atom is 0.410 e. The Labute approximate surface area is 168 Å². The van der Waals surface area contributed by atoms with E-state index in [2.05, 4.69) is 10.00 Å². The molecule has 0 unspecified atom stereocenters. The number of fused-ring (bicyclic) bond motifs is 1. The van der Waals surface area contributed by atoms with E-state index in [-0.39, 0.29) is 17.8 Å². The summed E-state index contributed by atoms with van der Waals surface area (Å²) >= 11 is 0. The molecule has 1 aliphatic rings. The number of piperazine rings is 1.